The second-order valence-corrected chi connectivity index (χ2v) is 8.43. The number of piperazine rings is 1. The van der Waals surface area contributed by atoms with Crippen LogP contribution in [0.15, 0.2) is 47.1 Å². The van der Waals surface area contributed by atoms with Gasteiger partial charge in [0.15, 0.2) is 5.78 Å². The molecule has 1 aliphatic carbocycles. The molecule has 1 unspecified atom stereocenters. The van der Waals surface area contributed by atoms with E-state index in [-0.39, 0.29) is 11.7 Å². The Morgan fingerprint density at radius 1 is 1.06 bits per heavy atom. The molecule has 1 atom stereocenters. The van der Waals surface area contributed by atoms with Crippen molar-refractivity contribution >= 4 is 41.2 Å². The van der Waals surface area contributed by atoms with E-state index in [4.69, 9.17) is 26.0 Å². The van der Waals surface area contributed by atoms with Crippen LogP contribution in [0.4, 0.5) is 17.5 Å². The monoisotopic (exact) mass is 451 g/mol. The lowest BCUT2D eigenvalue weighted by Crippen LogP contribution is -2.46. The van der Waals surface area contributed by atoms with E-state index in [1.807, 2.05) is 29.2 Å². The van der Waals surface area contributed by atoms with Crippen molar-refractivity contribution in [2.24, 2.45) is 0 Å². The number of benzene rings is 1. The topological polar surface area (TPSA) is 91.6 Å². The average Bonchev–Trinajstić information content (AvgIpc) is 3.35. The molecule has 164 valence electrons. The summed E-state index contributed by atoms with van der Waals surface area (Å²) in [5.74, 6) is 1.77. The van der Waals surface area contributed by atoms with Crippen LogP contribution >= 0.6 is 11.6 Å². The van der Waals surface area contributed by atoms with Gasteiger partial charge in [-0.3, -0.25) is 9.59 Å². The van der Waals surface area contributed by atoms with E-state index in [1.165, 1.54) is 0 Å². The summed E-state index contributed by atoms with van der Waals surface area (Å²) in [6, 6.07) is 11.0. The van der Waals surface area contributed by atoms with Crippen molar-refractivity contribution in [1.29, 1.82) is 0 Å². The van der Waals surface area contributed by atoms with Gasteiger partial charge >= 0.3 is 0 Å². The molecule has 2 aromatic heterocycles. The maximum absolute atomic E-state index is 13.2. The third-order valence-corrected chi connectivity index (χ3v) is 6.17. The number of amides is 1. The van der Waals surface area contributed by atoms with Gasteiger partial charge < -0.3 is 19.5 Å². The highest BCUT2D eigenvalue weighted by atomic mass is 35.5. The van der Waals surface area contributed by atoms with E-state index >= 15 is 0 Å². The van der Waals surface area contributed by atoms with E-state index in [1.54, 1.807) is 23.3 Å². The van der Waals surface area contributed by atoms with Crippen LogP contribution in [0.1, 0.15) is 34.2 Å². The molecule has 3 aromatic rings. The minimum Gasteiger partial charge on any atom is -0.469 e. The minimum atomic E-state index is -0.0527. The highest BCUT2D eigenvalue weighted by Crippen LogP contribution is 2.36. The first-order valence-electron chi connectivity index (χ1n) is 10.5. The van der Waals surface area contributed by atoms with Gasteiger partial charge in [-0.05, 0) is 36.4 Å². The maximum Gasteiger partial charge on any atom is 0.227 e. The average molecular weight is 452 g/mol. The normalized spacial score (nSPS) is 18.4. The number of nitrogens with zero attached hydrogens (tertiary/aromatic N) is 4. The summed E-state index contributed by atoms with van der Waals surface area (Å²) < 4.78 is 5.57. The smallest absolute Gasteiger partial charge is 0.227 e. The van der Waals surface area contributed by atoms with E-state index in [9.17, 15) is 9.59 Å². The number of fused-ring (bicyclic) bond motifs is 1. The Labute approximate surface area is 190 Å². The summed E-state index contributed by atoms with van der Waals surface area (Å²) >= 11 is 6.02. The SMILES string of the molecule is O=CN1CCN(c2nc3c(c(Nc4ccc(Cl)cc4)n2)C(=O)CC(c2ccco2)C3)CC1. The highest BCUT2D eigenvalue weighted by Gasteiger charge is 2.33. The van der Waals surface area contributed by atoms with Crippen molar-refractivity contribution in [2.45, 2.75) is 18.8 Å². The number of rotatable bonds is 5. The number of nitrogens with one attached hydrogen (secondary N) is 1. The Balaban J connectivity index is 1.52. The number of ketones is 1. The zero-order valence-electron chi connectivity index (χ0n) is 17.3. The van der Waals surface area contributed by atoms with Gasteiger partial charge in [-0.1, -0.05) is 11.6 Å². The lowest BCUT2D eigenvalue weighted by molar-refractivity contribution is -0.118. The molecule has 1 aliphatic heterocycles. The van der Waals surface area contributed by atoms with Crippen LogP contribution < -0.4 is 10.2 Å². The molecular formula is C23H22ClN5O3. The Morgan fingerprint density at radius 2 is 1.84 bits per heavy atom. The first-order chi connectivity index (χ1) is 15.6. The quantitative estimate of drug-likeness (QED) is 0.592. The predicted molar refractivity (Wildman–Crippen MR) is 121 cm³/mol. The van der Waals surface area contributed by atoms with Gasteiger partial charge in [-0.2, -0.15) is 4.98 Å². The molecule has 9 heteroatoms. The second kappa shape index (κ2) is 8.63. The fraction of sp³-hybridized carbons (Fsp3) is 0.304. The zero-order valence-corrected chi connectivity index (χ0v) is 18.1. The lowest BCUT2D eigenvalue weighted by Gasteiger charge is -2.33. The number of Topliss-reactive ketones (excluding diaryl/α,β-unsaturated/α-hetero) is 1. The molecule has 32 heavy (non-hydrogen) atoms. The number of halogens is 1. The first kappa shape index (κ1) is 20.5. The number of aromatic nitrogens is 2. The third-order valence-electron chi connectivity index (χ3n) is 5.92. The van der Waals surface area contributed by atoms with Crippen LogP contribution in [0.25, 0.3) is 0 Å². The fourth-order valence-electron chi connectivity index (χ4n) is 4.22. The van der Waals surface area contributed by atoms with Crippen LogP contribution in [0.3, 0.4) is 0 Å². The summed E-state index contributed by atoms with van der Waals surface area (Å²) in [7, 11) is 0. The van der Waals surface area contributed by atoms with Crippen molar-refractivity contribution in [3.63, 3.8) is 0 Å². The Bertz CT molecular complexity index is 1130. The fourth-order valence-corrected chi connectivity index (χ4v) is 4.35. The number of furan rings is 1. The van der Waals surface area contributed by atoms with Gasteiger partial charge in [0.25, 0.3) is 0 Å². The molecule has 1 saturated heterocycles. The molecule has 5 rings (SSSR count). The Morgan fingerprint density at radius 3 is 2.53 bits per heavy atom. The van der Waals surface area contributed by atoms with E-state index in [2.05, 4.69) is 5.32 Å². The van der Waals surface area contributed by atoms with Crippen molar-refractivity contribution in [3.05, 3.63) is 64.7 Å². The molecule has 8 nitrogen and oxygen atoms in total. The van der Waals surface area contributed by atoms with Crippen LogP contribution in [0, 0.1) is 0 Å². The lowest BCUT2D eigenvalue weighted by atomic mass is 9.84. The number of carbonyl (C=O) groups excluding carboxylic acids is 2. The molecule has 1 fully saturated rings. The largest absolute Gasteiger partial charge is 0.469 e. The highest BCUT2D eigenvalue weighted by molar-refractivity contribution is 6.30. The first-order valence-corrected chi connectivity index (χ1v) is 10.9. The van der Waals surface area contributed by atoms with Crippen molar-refractivity contribution in [2.75, 3.05) is 36.4 Å². The molecule has 2 aliphatic rings. The molecule has 1 amide bonds. The summed E-state index contributed by atoms with van der Waals surface area (Å²) in [4.78, 5) is 37.6. The number of anilines is 3. The van der Waals surface area contributed by atoms with E-state index in [0.717, 1.165) is 17.9 Å². The van der Waals surface area contributed by atoms with Gasteiger partial charge in [-0.15, -0.1) is 0 Å². The van der Waals surface area contributed by atoms with Crippen LogP contribution in [0.5, 0.6) is 0 Å². The van der Waals surface area contributed by atoms with Crippen molar-refractivity contribution in [3.8, 4) is 0 Å². The summed E-state index contributed by atoms with van der Waals surface area (Å²) in [6.07, 6.45) is 3.43. The van der Waals surface area contributed by atoms with Gasteiger partial charge in [0.05, 0.1) is 17.5 Å². The maximum atomic E-state index is 13.2. The van der Waals surface area contributed by atoms with E-state index < -0.39 is 0 Å². The molecule has 0 saturated carbocycles. The van der Waals surface area contributed by atoms with Gasteiger partial charge in [0, 0.05) is 55.6 Å². The molecule has 1 N–H and O–H groups in total. The van der Waals surface area contributed by atoms with Crippen LogP contribution in [-0.2, 0) is 11.2 Å². The second-order valence-electron chi connectivity index (χ2n) is 8.00. The molecule has 3 heterocycles. The van der Waals surface area contributed by atoms with Crippen LogP contribution in [-0.4, -0.2) is 53.2 Å². The summed E-state index contributed by atoms with van der Waals surface area (Å²) in [5, 5.41) is 3.92. The Hall–Kier alpha value is -3.39. The van der Waals surface area contributed by atoms with Crippen molar-refractivity contribution < 1.29 is 14.0 Å². The Kier molecular flexibility index (Phi) is 5.53. The van der Waals surface area contributed by atoms with Gasteiger partial charge in [-0.25, -0.2) is 4.98 Å². The van der Waals surface area contributed by atoms with Crippen molar-refractivity contribution in [1.82, 2.24) is 14.9 Å². The number of hydrogen-bond donors (Lipinski definition) is 1. The predicted octanol–water partition coefficient (Wildman–Crippen LogP) is 3.66. The van der Waals surface area contributed by atoms with E-state index in [0.29, 0.717) is 67.1 Å². The number of carbonyl (C=O) groups is 2. The third kappa shape index (κ3) is 4.05. The molecule has 1 aromatic carbocycles. The zero-order chi connectivity index (χ0) is 22.1. The number of hydrogen-bond acceptors (Lipinski definition) is 7. The standard InChI is InChI=1S/C23H22ClN5O3/c24-16-3-5-17(6-4-16)25-22-21-18(12-15(13-19(21)31)20-2-1-11-32-20)26-23(27-22)29-9-7-28(14-30)8-10-29/h1-6,11,14-15H,7-10,12-13H2,(H,25,26,27). The molecule has 0 bridgehead atoms. The summed E-state index contributed by atoms with van der Waals surface area (Å²) in [5.41, 5.74) is 2.02. The van der Waals surface area contributed by atoms with Gasteiger partial charge in [0.2, 0.25) is 12.4 Å². The molecular weight excluding hydrogens is 430 g/mol. The summed E-state index contributed by atoms with van der Waals surface area (Å²) in [6.45, 7) is 2.48. The molecule has 0 spiro atoms. The van der Waals surface area contributed by atoms with Crippen LogP contribution in [0.2, 0.25) is 5.02 Å². The molecule has 0 radical (unpaired) electrons. The minimum absolute atomic E-state index is 0.0126. The van der Waals surface area contributed by atoms with Gasteiger partial charge in [0.1, 0.15) is 11.6 Å².